The summed E-state index contributed by atoms with van der Waals surface area (Å²) in [6, 6.07) is 0. The molecule has 2 aliphatic carbocycles. The van der Waals surface area contributed by atoms with E-state index in [0.29, 0.717) is 5.41 Å². The van der Waals surface area contributed by atoms with Gasteiger partial charge in [0.2, 0.25) is 0 Å². The molecule has 0 radical (unpaired) electrons. The Labute approximate surface area is 101 Å². The van der Waals surface area contributed by atoms with Crippen LogP contribution in [0, 0.1) is 17.3 Å². The van der Waals surface area contributed by atoms with E-state index in [9.17, 15) is 5.11 Å². The molecule has 0 aromatic carbocycles. The van der Waals surface area contributed by atoms with E-state index < -0.39 is 0 Å². The first kappa shape index (κ1) is 12.4. The molecule has 2 atom stereocenters. The van der Waals surface area contributed by atoms with Gasteiger partial charge in [-0.05, 0) is 62.2 Å². The summed E-state index contributed by atoms with van der Waals surface area (Å²) in [6.07, 6.45) is 9.80. The van der Waals surface area contributed by atoms with Crippen molar-refractivity contribution in [1.29, 1.82) is 0 Å². The third-order valence-corrected chi connectivity index (χ3v) is 4.49. The first-order valence-electron chi connectivity index (χ1n) is 7.10. The van der Waals surface area contributed by atoms with Gasteiger partial charge in [0.25, 0.3) is 0 Å². The molecular formula is C15H28O. The Morgan fingerprint density at radius 3 is 2.38 bits per heavy atom. The predicted molar refractivity (Wildman–Crippen MR) is 68.3 cm³/mol. The quantitative estimate of drug-likeness (QED) is 0.763. The smallest absolute Gasteiger partial charge is 0.0650 e. The number of aliphatic hydroxyl groups is 1. The van der Waals surface area contributed by atoms with Crippen molar-refractivity contribution in [1.82, 2.24) is 0 Å². The molecule has 2 aliphatic rings. The average Bonchev–Trinajstić information content (AvgIpc) is 2.97. The summed E-state index contributed by atoms with van der Waals surface area (Å²) in [5, 5.41) is 10.7. The largest absolute Gasteiger partial charge is 0.390 e. The third-order valence-electron chi connectivity index (χ3n) is 4.49. The number of hydrogen-bond acceptors (Lipinski definition) is 1. The van der Waals surface area contributed by atoms with Crippen LogP contribution < -0.4 is 0 Å². The van der Waals surface area contributed by atoms with E-state index in [2.05, 4.69) is 20.8 Å². The minimum atomic E-state index is -0.321. The molecule has 2 saturated carbocycles. The maximum absolute atomic E-state index is 10.7. The molecule has 1 heteroatoms. The lowest BCUT2D eigenvalue weighted by Crippen LogP contribution is -2.36. The molecule has 0 amide bonds. The second kappa shape index (κ2) is 4.33. The van der Waals surface area contributed by atoms with Crippen LogP contribution in [0.1, 0.15) is 72.1 Å². The van der Waals surface area contributed by atoms with Crippen LogP contribution in [0.5, 0.6) is 0 Å². The van der Waals surface area contributed by atoms with E-state index in [1.54, 1.807) is 0 Å². The Hall–Kier alpha value is -0.0400. The van der Waals surface area contributed by atoms with E-state index in [0.717, 1.165) is 37.5 Å². The fourth-order valence-electron chi connectivity index (χ4n) is 3.19. The van der Waals surface area contributed by atoms with Crippen LogP contribution in [0.2, 0.25) is 0 Å². The van der Waals surface area contributed by atoms with Crippen molar-refractivity contribution in [3.63, 3.8) is 0 Å². The summed E-state index contributed by atoms with van der Waals surface area (Å²) >= 11 is 0. The highest BCUT2D eigenvalue weighted by molar-refractivity contribution is 4.93. The molecule has 2 unspecified atom stereocenters. The van der Waals surface area contributed by atoms with Crippen LogP contribution in [0.4, 0.5) is 0 Å². The second-order valence-corrected chi connectivity index (χ2v) is 7.48. The van der Waals surface area contributed by atoms with Crippen LogP contribution in [-0.4, -0.2) is 10.7 Å². The molecule has 94 valence electrons. The molecule has 16 heavy (non-hydrogen) atoms. The van der Waals surface area contributed by atoms with Crippen LogP contribution in [0.3, 0.4) is 0 Å². The van der Waals surface area contributed by atoms with E-state index in [1.807, 2.05) is 0 Å². The molecule has 2 fully saturated rings. The SMILES string of the molecule is CC(C)(C)CCC1(O)CCCC(C2CC2)C1. The minimum absolute atomic E-state index is 0.321. The molecule has 0 bridgehead atoms. The van der Waals surface area contributed by atoms with Gasteiger partial charge in [-0.3, -0.25) is 0 Å². The lowest BCUT2D eigenvalue weighted by atomic mass is 9.72. The van der Waals surface area contributed by atoms with Crippen LogP contribution in [0.25, 0.3) is 0 Å². The zero-order valence-corrected chi connectivity index (χ0v) is 11.3. The fourth-order valence-corrected chi connectivity index (χ4v) is 3.19. The van der Waals surface area contributed by atoms with E-state index in [4.69, 9.17) is 0 Å². The summed E-state index contributed by atoms with van der Waals surface area (Å²) in [5.41, 5.74) is 0.0427. The summed E-state index contributed by atoms with van der Waals surface area (Å²) < 4.78 is 0. The van der Waals surface area contributed by atoms with Crippen molar-refractivity contribution in [2.45, 2.75) is 77.7 Å². The fraction of sp³-hybridized carbons (Fsp3) is 1.00. The van der Waals surface area contributed by atoms with Gasteiger partial charge in [0.05, 0.1) is 5.60 Å². The van der Waals surface area contributed by atoms with Crippen molar-refractivity contribution in [2.24, 2.45) is 17.3 Å². The summed E-state index contributed by atoms with van der Waals surface area (Å²) in [7, 11) is 0. The highest BCUT2D eigenvalue weighted by Crippen LogP contribution is 2.48. The monoisotopic (exact) mass is 224 g/mol. The summed E-state index contributed by atoms with van der Waals surface area (Å²) in [4.78, 5) is 0. The molecular weight excluding hydrogens is 196 g/mol. The van der Waals surface area contributed by atoms with Gasteiger partial charge in [-0.1, -0.05) is 27.2 Å². The van der Waals surface area contributed by atoms with Crippen LogP contribution >= 0.6 is 0 Å². The minimum Gasteiger partial charge on any atom is -0.390 e. The van der Waals surface area contributed by atoms with Gasteiger partial charge in [-0.25, -0.2) is 0 Å². The molecule has 0 heterocycles. The van der Waals surface area contributed by atoms with Gasteiger partial charge in [0.15, 0.2) is 0 Å². The molecule has 0 saturated heterocycles. The van der Waals surface area contributed by atoms with Gasteiger partial charge in [0.1, 0.15) is 0 Å². The predicted octanol–water partition coefficient (Wildman–Crippen LogP) is 4.14. The van der Waals surface area contributed by atoms with E-state index in [-0.39, 0.29) is 5.60 Å². The average molecular weight is 224 g/mol. The standard InChI is InChI=1S/C15H28O/c1-14(2,3)9-10-15(16)8-4-5-13(11-15)12-6-7-12/h12-13,16H,4-11H2,1-3H3. The Balaban J connectivity index is 1.85. The van der Waals surface area contributed by atoms with Crippen LogP contribution in [-0.2, 0) is 0 Å². The Morgan fingerprint density at radius 1 is 1.12 bits per heavy atom. The Bertz CT molecular complexity index is 236. The zero-order chi connectivity index (χ0) is 11.8. The third kappa shape index (κ3) is 3.48. The second-order valence-electron chi connectivity index (χ2n) is 7.48. The van der Waals surface area contributed by atoms with Crippen molar-refractivity contribution >= 4 is 0 Å². The van der Waals surface area contributed by atoms with Gasteiger partial charge in [-0.15, -0.1) is 0 Å². The molecule has 1 N–H and O–H groups in total. The molecule has 0 aliphatic heterocycles. The van der Waals surface area contributed by atoms with Crippen LogP contribution in [0.15, 0.2) is 0 Å². The highest BCUT2D eigenvalue weighted by Gasteiger charge is 2.40. The number of rotatable bonds is 3. The molecule has 0 aromatic heterocycles. The highest BCUT2D eigenvalue weighted by atomic mass is 16.3. The zero-order valence-electron chi connectivity index (χ0n) is 11.3. The molecule has 1 nitrogen and oxygen atoms in total. The lowest BCUT2D eigenvalue weighted by Gasteiger charge is -2.38. The van der Waals surface area contributed by atoms with Gasteiger partial charge >= 0.3 is 0 Å². The molecule has 0 spiro atoms. The van der Waals surface area contributed by atoms with Crippen molar-refractivity contribution in [2.75, 3.05) is 0 Å². The Kier molecular flexibility index (Phi) is 3.36. The Morgan fingerprint density at radius 2 is 1.81 bits per heavy atom. The summed E-state index contributed by atoms with van der Waals surface area (Å²) in [6.45, 7) is 6.83. The maximum Gasteiger partial charge on any atom is 0.0650 e. The first-order chi connectivity index (χ1) is 7.38. The summed E-state index contributed by atoms with van der Waals surface area (Å²) in [5.74, 6) is 1.82. The van der Waals surface area contributed by atoms with Crippen molar-refractivity contribution < 1.29 is 5.11 Å². The van der Waals surface area contributed by atoms with Crippen molar-refractivity contribution in [3.8, 4) is 0 Å². The van der Waals surface area contributed by atoms with Gasteiger partial charge in [0, 0.05) is 0 Å². The molecule has 0 aromatic rings. The molecule has 2 rings (SSSR count). The van der Waals surface area contributed by atoms with Crippen molar-refractivity contribution in [3.05, 3.63) is 0 Å². The van der Waals surface area contributed by atoms with E-state index in [1.165, 1.54) is 25.7 Å². The topological polar surface area (TPSA) is 20.2 Å². The van der Waals surface area contributed by atoms with E-state index >= 15 is 0 Å². The normalized spacial score (nSPS) is 36.4. The number of hydrogen-bond donors (Lipinski definition) is 1. The van der Waals surface area contributed by atoms with Gasteiger partial charge in [-0.2, -0.15) is 0 Å². The maximum atomic E-state index is 10.7. The lowest BCUT2D eigenvalue weighted by molar-refractivity contribution is -0.0341. The first-order valence-corrected chi connectivity index (χ1v) is 7.10. The van der Waals surface area contributed by atoms with Gasteiger partial charge < -0.3 is 5.11 Å².